The largest absolute Gasteiger partial charge is 0.409 e. The molecule has 1 aromatic heterocycles. The quantitative estimate of drug-likeness (QED) is 0.301. The van der Waals surface area contributed by atoms with Gasteiger partial charge in [0, 0.05) is 30.6 Å². The second-order valence-electron chi connectivity index (χ2n) is 4.34. The molecule has 0 bridgehead atoms. The van der Waals surface area contributed by atoms with Gasteiger partial charge in [-0.2, -0.15) is 0 Å². The monoisotopic (exact) mass is 240 g/mol. The second kappa shape index (κ2) is 4.80. The Balaban J connectivity index is 1.73. The highest BCUT2D eigenvalue weighted by Gasteiger charge is 2.42. The Morgan fingerprint density at radius 2 is 2.50 bits per heavy atom. The Labute approximate surface area is 98.4 Å². The van der Waals surface area contributed by atoms with Gasteiger partial charge in [0.25, 0.3) is 0 Å². The van der Waals surface area contributed by atoms with E-state index in [-0.39, 0.29) is 5.41 Å². The molecule has 0 aromatic carbocycles. The van der Waals surface area contributed by atoms with Crippen LogP contribution in [0.5, 0.6) is 0 Å². The van der Waals surface area contributed by atoms with E-state index < -0.39 is 0 Å². The first kappa shape index (κ1) is 11.3. The fourth-order valence-electron chi connectivity index (χ4n) is 1.79. The normalized spacial score (nSPS) is 18.6. The number of oxime groups is 1. The smallest absolute Gasteiger partial charge is 0.139 e. The first-order chi connectivity index (χ1) is 7.74. The molecule has 2 rings (SSSR count). The summed E-state index contributed by atoms with van der Waals surface area (Å²) in [6, 6.07) is 0. The van der Waals surface area contributed by atoms with Gasteiger partial charge >= 0.3 is 0 Å². The fraction of sp³-hybridized carbons (Fsp3) is 0.600. The maximum absolute atomic E-state index is 8.54. The first-order valence-corrected chi connectivity index (χ1v) is 6.17. The van der Waals surface area contributed by atoms with Gasteiger partial charge in [-0.25, -0.2) is 0 Å². The minimum Gasteiger partial charge on any atom is -0.409 e. The highest BCUT2D eigenvalue weighted by molar-refractivity contribution is 7.09. The molecule has 1 heterocycles. The molecule has 0 aliphatic heterocycles. The number of amidine groups is 1. The molecule has 4 N–H and O–H groups in total. The van der Waals surface area contributed by atoms with Crippen molar-refractivity contribution in [2.24, 2.45) is 16.3 Å². The third-order valence-electron chi connectivity index (χ3n) is 2.92. The zero-order chi connectivity index (χ0) is 11.4. The van der Waals surface area contributed by atoms with Crippen LogP contribution in [0, 0.1) is 5.41 Å². The van der Waals surface area contributed by atoms with Gasteiger partial charge in [-0.1, -0.05) is 5.16 Å². The molecule has 1 saturated carbocycles. The third-order valence-corrected chi connectivity index (χ3v) is 3.70. The maximum atomic E-state index is 8.54. The topological polar surface area (TPSA) is 83.5 Å². The lowest BCUT2D eigenvalue weighted by Gasteiger charge is -2.14. The van der Waals surface area contributed by atoms with E-state index in [4.69, 9.17) is 10.9 Å². The lowest BCUT2D eigenvalue weighted by atomic mass is 10.0. The zero-order valence-corrected chi connectivity index (χ0v) is 9.83. The molecular formula is C10H16N4OS. The second-order valence-corrected chi connectivity index (χ2v) is 5.31. The van der Waals surface area contributed by atoms with Crippen molar-refractivity contribution < 1.29 is 5.21 Å². The van der Waals surface area contributed by atoms with Crippen molar-refractivity contribution in [2.75, 3.05) is 6.54 Å². The van der Waals surface area contributed by atoms with Crippen LogP contribution < -0.4 is 11.1 Å². The highest BCUT2D eigenvalue weighted by atomic mass is 32.1. The molecule has 0 amide bonds. The Morgan fingerprint density at radius 3 is 3.06 bits per heavy atom. The van der Waals surface area contributed by atoms with Crippen LogP contribution in [0.2, 0.25) is 0 Å². The number of nitrogens with two attached hydrogens (primary N) is 1. The van der Waals surface area contributed by atoms with E-state index in [1.807, 2.05) is 11.7 Å². The van der Waals surface area contributed by atoms with Crippen LogP contribution in [-0.2, 0) is 6.54 Å². The summed E-state index contributed by atoms with van der Waals surface area (Å²) in [6.07, 6.45) is 4.86. The Kier molecular flexibility index (Phi) is 3.40. The summed E-state index contributed by atoms with van der Waals surface area (Å²) >= 11 is 1.65. The molecule has 5 nitrogen and oxygen atoms in total. The van der Waals surface area contributed by atoms with E-state index in [2.05, 4.69) is 15.5 Å². The van der Waals surface area contributed by atoms with E-state index in [1.54, 1.807) is 11.3 Å². The van der Waals surface area contributed by atoms with Gasteiger partial charge in [-0.15, -0.1) is 11.3 Å². The van der Waals surface area contributed by atoms with E-state index in [1.165, 1.54) is 4.88 Å². The summed E-state index contributed by atoms with van der Waals surface area (Å²) in [6.45, 7) is 1.77. The number of rotatable bonds is 6. The van der Waals surface area contributed by atoms with E-state index in [0.29, 0.717) is 12.3 Å². The predicted molar refractivity (Wildman–Crippen MR) is 63.5 cm³/mol. The number of nitrogens with one attached hydrogen (secondary N) is 1. The van der Waals surface area contributed by atoms with Crippen LogP contribution in [0.4, 0.5) is 0 Å². The van der Waals surface area contributed by atoms with Gasteiger partial charge in [0.2, 0.25) is 0 Å². The van der Waals surface area contributed by atoms with Crippen molar-refractivity contribution in [3.8, 4) is 0 Å². The Morgan fingerprint density at radius 1 is 1.69 bits per heavy atom. The maximum Gasteiger partial charge on any atom is 0.139 e. The predicted octanol–water partition coefficient (Wildman–Crippen LogP) is 1.15. The Hall–Kier alpha value is -1.14. The number of hydrogen-bond acceptors (Lipinski definition) is 5. The summed E-state index contributed by atoms with van der Waals surface area (Å²) in [7, 11) is 0. The molecule has 0 unspecified atom stereocenters. The molecule has 1 fully saturated rings. The van der Waals surface area contributed by atoms with Crippen LogP contribution in [0.1, 0.15) is 24.1 Å². The average molecular weight is 240 g/mol. The van der Waals surface area contributed by atoms with Crippen molar-refractivity contribution in [3.05, 3.63) is 16.6 Å². The van der Waals surface area contributed by atoms with Crippen LogP contribution in [-0.4, -0.2) is 22.6 Å². The number of nitrogens with zero attached hydrogens (tertiary/aromatic N) is 2. The summed E-state index contributed by atoms with van der Waals surface area (Å²) < 4.78 is 0. The van der Waals surface area contributed by atoms with Gasteiger partial charge in [-0.05, 0) is 18.3 Å². The van der Waals surface area contributed by atoms with Crippen LogP contribution in [0.25, 0.3) is 0 Å². The van der Waals surface area contributed by atoms with Crippen molar-refractivity contribution in [2.45, 2.75) is 25.8 Å². The minimum absolute atomic E-state index is 0.223. The minimum atomic E-state index is 0.223. The number of hydrogen-bond donors (Lipinski definition) is 3. The molecule has 0 atom stereocenters. The van der Waals surface area contributed by atoms with Gasteiger partial charge in [0.1, 0.15) is 5.84 Å². The van der Waals surface area contributed by atoms with Gasteiger partial charge < -0.3 is 16.3 Å². The molecular weight excluding hydrogens is 224 g/mol. The van der Waals surface area contributed by atoms with Crippen LogP contribution in [0.3, 0.4) is 0 Å². The molecule has 0 spiro atoms. The lowest BCUT2D eigenvalue weighted by molar-refractivity contribution is 0.314. The highest BCUT2D eigenvalue weighted by Crippen LogP contribution is 2.48. The molecule has 1 aliphatic rings. The van der Waals surface area contributed by atoms with Gasteiger partial charge in [-0.3, -0.25) is 4.98 Å². The summed E-state index contributed by atoms with van der Waals surface area (Å²) in [5, 5.41) is 15.0. The first-order valence-electron chi connectivity index (χ1n) is 5.29. The summed E-state index contributed by atoms with van der Waals surface area (Å²) in [4.78, 5) is 5.26. The molecule has 1 aromatic rings. The lowest BCUT2D eigenvalue weighted by Crippen LogP contribution is -2.27. The third kappa shape index (κ3) is 2.93. The summed E-state index contributed by atoms with van der Waals surface area (Å²) in [5.41, 5.74) is 7.59. The van der Waals surface area contributed by atoms with E-state index >= 15 is 0 Å². The molecule has 0 saturated heterocycles. The van der Waals surface area contributed by atoms with Gasteiger partial charge in [0.05, 0.1) is 5.51 Å². The van der Waals surface area contributed by atoms with E-state index in [0.717, 1.165) is 25.9 Å². The SMILES string of the molecule is NC(CC1(CNCc2cncs2)CC1)=NO. The van der Waals surface area contributed by atoms with Gasteiger partial charge in [0.15, 0.2) is 0 Å². The fourth-order valence-corrected chi connectivity index (χ4v) is 2.36. The van der Waals surface area contributed by atoms with Crippen molar-refractivity contribution in [1.82, 2.24) is 10.3 Å². The van der Waals surface area contributed by atoms with Crippen molar-refractivity contribution in [3.63, 3.8) is 0 Å². The molecule has 0 radical (unpaired) electrons. The molecule has 1 aliphatic carbocycles. The molecule has 16 heavy (non-hydrogen) atoms. The molecule has 6 heteroatoms. The number of aromatic nitrogens is 1. The van der Waals surface area contributed by atoms with Crippen molar-refractivity contribution >= 4 is 17.2 Å². The Bertz CT molecular complexity index is 359. The van der Waals surface area contributed by atoms with Crippen LogP contribution >= 0.6 is 11.3 Å². The van der Waals surface area contributed by atoms with Crippen molar-refractivity contribution in [1.29, 1.82) is 0 Å². The van der Waals surface area contributed by atoms with Crippen LogP contribution in [0.15, 0.2) is 16.9 Å². The standard InChI is InChI=1S/C10H16N4OS/c11-9(14-15)3-10(1-2-10)6-12-4-8-5-13-7-16-8/h5,7,12,15H,1-4,6H2,(H2,11,14). The summed E-state index contributed by atoms with van der Waals surface area (Å²) in [5.74, 6) is 0.331. The zero-order valence-electron chi connectivity index (χ0n) is 9.02. The number of thiazole rings is 1. The average Bonchev–Trinajstić information content (AvgIpc) is 2.83. The molecule has 88 valence electrons. The van der Waals surface area contributed by atoms with E-state index in [9.17, 15) is 0 Å².